The second-order valence-corrected chi connectivity index (χ2v) is 4.04. The van der Waals surface area contributed by atoms with Crippen molar-refractivity contribution in [3.63, 3.8) is 0 Å². The molecule has 2 nitrogen and oxygen atoms in total. The van der Waals surface area contributed by atoms with E-state index in [0.717, 1.165) is 5.69 Å². The van der Waals surface area contributed by atoms with Gasteiger partial charge in [-0.2, -0.15) is 0 Å². The van der Waals surface area contributed by atoms with Crippen molar-refractivity contribution in [3.8, 4) is 0 Å². The molecule has 2 N–H and O–H groups in total. The lowest BCUT2D eigenvalue weighted by Crippen LogP contribution is -2.12. The highest BCUT2D eigenvalue weighted by molar-refractivity contribution is 5.88. The minimum atomic E-state index is 0.379. The molecule has 0 spiro atoms. The second-order valence-electron chi connectivity index (χ2n) is 4.04. The number of rotatable bonds is 3. The highest BCUT2D eigenvalue weighted by atomic mass is 14.9. The lowest BCUT2D eigenvalue weighted by atomic mass is 9.99. The first-order chi connectivity index (χ1) is 7.76. The average molecular weight is 214 g/mol. The van der Waals surface area contributed by atoms with E-state index in [0.29, 0.717) is 6.04 Å². The van der Waals surface area contributed by atoms with Gasteiger partial charge < -0.3 is 10.6 Å². The molecule has 2 rings (SSSR count). The van der Waals surface area contributed by atoms with Crippen molar-refractivity contribution in [1.29, 1.82) is 0 Å². The van der Waals surface area contributed by atoms with Crippen LogP contribution in [-0.4, -0.2) is 14.1 Å². The van der Waals surface area contributed by atoms with E-state index in [-0.39, 0.29) is 0 Å². The first-order valence-corrected chi connectivity index (χ1v) is 5.64. The zero-order valence-corrected chi connectivity index (χ0v) is 10.0. The Balaban J connectivity index is 2.60. The van der Waals surface area contributed by atoms with Gasteiger partial charge in [-0.15, -0.1) is 0 Å². The third kappa shape index (κ3) is 1.89. The topological polar surface area (TPSA) is 24.1 Å². The predicted octanol–water partition coefficient (Wildman–Crippen LogP) is 3.16. The second kappa shape index (κ2) is 4.54. The summed E-state index contributed by atoms with van der Waals surface area (Å²) in [6.07, 6.45) is 0. The molecule has 1 atom stereocenters. The summed E-state index contributed by atoms with van der Waals surface area (Å²) in [6.45, 7) is 2.18. The molecule has 0 heterocycles. The van der Waals surface area contributed by atoms with Gasteiger partial charge in [0.1, 0.15) is 0 Å². The molecule has 2 aromatic carbocycles. The molecule has 0 radical (unpaired) electrons. The fourth-order valence-corrected chi connectivity index (χ4v) is 2.00. The minimum absolute atomic E-state index is 0.379. The number of anilines is 1. The van der Waals surface area contributed by atoms with Gasteiger partial charge in [0, 0.05) is 18.8 Å². The van der Waals surface area contributed by atoms with Crippen LogP contribution in [0.5, 0.6) is 0 Å². The Kier molecular flexibility index (Phi) is 3.11. The summed E-state index contributed by atoms with van der Waals surface area (Å²) < 4.78 is 0. The summed E-state index contributed by atoms with van der Waals surface area (Å²) in [6, 6.07) is 13.3. The zero-order valence-electron chi connectivity index (χ0n) is 10.0. The van der Waals surface area contributed by atoms with Crippen LogP contribution in [0.25, 0.3) is 10.8 Å². The van der Waals surface area contributed by atoms with E-state index < -0.39 is 0 Å². The number of fused-ring (bicyclic) bond motifs is 1. The van der Waals surface area contributed by atoms with Crippen LogP contribution in [0, 0.1) is 0 Å². The van der Waals surface area contributed by atoms with Gasteiger partial charge in [0.05, 0.1) is 0 Å². The van der Waals surface area contributed by atoms with Crippen LogP contribution in [0.15, 0.2) is 36.4 Å². The van der Waals surface area contributed by atoms with Crippen LogP contribution < -0.4 is 10.6 Å². The van der Waals surface area contributed by atoms with Gasteiger partial charge in [0.15, 0.2) is 0 Å². The fourth-order valence-electron chi connectivity index (χ4n) is 2.00. The smallest absolute Gasteiger partial charge is 0.0343 e. The Hall–Kier alpha value is -1.54. The molecule has 0 aromatic heterocycles. The summed E-state index contributed by atoms with van der Waals surface area (Å²) in [5.41, 5.74) is 2.50. The molecule has 0 bridgehead atoms. The fraction of sp³-hybridized carbons (Fsp3) is 0.286. The van der Waals surface area contributed by atoms with Gasteiger partial charge in [-0.1, -0.05) is 24.3 Å². The molecule has 0 aliphatic carbocycles. The molecule has 0 saturated heterocycles. The maximum atomic E-state index is 3.29. The van der Waals surface area contributed by atoms with Gasteiger partial charge in [-0.25, -0.2) is 0 Å². The molecule has 0 saturated carbocycles. The number of benzene rings is 2. The van der Waals surface area contributed by atoms with Crippen molar-refractivity contribution in [2.24, 2.45) is 0 Å². The van der Waals surface area contributed by atoms with E-state index in [1.165, 1.54) is 16.3 Å². The average Bonchev–Trinajstić information content (AvgIpc) is 2.36. The Morgan fingerprint density at radius 1 is 1.06 bits per heavy atom. The Morgan fingerprint density at radius 2 is 1.88 bits per heavy atom. The summed E-state index contributed by atoms with van der Waals surface area (Å²) in [4.78, 5) is 0. The normalized spacial score (nSPS) is 12.7. The molecular weight excluding hydrogens is 196 g/mol. The molecule has 0 fully saturated rings. The Morgan fingerprint density at radius 3 is 2.56 bits per heavy atom. The van der Waals surface area contributed by atoms with Gasteiger partial charge >= 0.3 is 0 Å². The van der Waals surface area contributed by atoms with Crippen molar-refractivity contribution in [1.82, 2.24) is 5.32 Å². The first kappa shape index (κ1) is 11.0. The number of hydrogen-bond donors (Lipinski definition) is 2. The maximum absolute atomic E-state index is 3.29. The predicted molar refractivity (Wildman–Crippen MR) is 71.0 cm³/mol. The van der Waals surface area contributed by atoms with Crippen molar-refractivity contribution in [2.75, 3.05) is 19.4 Å². The van der Waals surface area contributed by atoms with Crippen LogP contribution in [-0.2, 0) is 0 Å². The molecule has 0 aliphatic heterocycles. The molecule has 2 aromatic rings. The highest BCUT2D eigenvalue weighted by Crippen LogP contribution is 2.26. The molecule has 84 valence electrons. The molecule has 0 aliphatic rings. The van der Waals surface area contributed by atoms with Gasteiger partial charge in [-0.05, 0) is 42.4 Å². The summed E-state index contributed by atoms with van der Waals surface area (Å²) in [5, 5.41) is 9.06. The summed E-state index contributed by atoms with van der Waals surface area (Å²) >= 11 is 0. The third-order valence-corrected chi connectivity index (χ3v) is 3.10. The minimum Gasteiger partial charge on any atom is -0.388 e. The third-order valence-electron chi connectivity index (χ3n) is 3.10. The lowest BCUT2D eigenvalue weighted by molar-refractivity contribution is 0.657. The van der Waals surface area contributed by atoms with Gasteiger partial charge in [0.2, 0.25) is 0 Å². The standard InChI is InChI=1S/C14H18N2/c1-10(15-2)13-6-4-5-11-9-12(16-3)7-8-14(11)13/h4-10,15-16H,1-3H3. The highest BCUT2D eigenvalue weighted by Gasteiger charge is 2.06. The van der Waals surface area contributed by atoms with E-state index in [2.05, 4.69) is 54.0 Å². The quantitative estimate of drug-likeness (QED) is 0.820. The van der Waals surface area contributed by atoms with Crippen LogP contribution in [0.2, 0.25) is 0 Å². The van der Waals surface area contributed by atoms with Crippen LogP contribution in [0.1, 0.15) is 18.5 Å². The van der Waals surface area contributed by atoms with E-state index in [1.807, 2.05) is 14.1 Å². The number of nitrogens with one attached hydrogen (secondary N) is 2. The van der Waals surface area contributed by atoms with Crippen molar-refractivity contribution in [3.05, 3.63) is 42.0 Å². The molecular formula is C14H18N2. The lowest BCUT2D eigenvalue weighted by Gasteiger charge is -2.14. The SMILES string of the molecule is CNc1ccc2c(C(C)NC)cccc2c1. The maximum Gasteiger partial charge on any atom is 0.0343 e. The van der Waals surface area contributed by atoms with E-state index >= 15 is 0 Å². The van der Waals surface area contributed by atoms with Gasteiger partial charge in [0.25, 0.3) is 0 Å². The largest absolute Gasteiger partial charge is 0.388 e. The van der Waals surface area contributed by atoms with Gasteiger partial charge in [-0.3, -0.25) is 0 Å². The van der Waals surface area contributed by atoms with Crippen LogP contribution in [0.4, 0.5) is 5.69 Å². The first-order valence-electron chi connectivity index (χ1n) is 5.64. The van der Waals surface area contributed by atoms with E-state index in [1.54, 1.807) is 0 Å². The van der Waals surface area contributed by atoms with E-state index in [4.69, 9.17) is 0 Å². The van der Waals surface area contributed by atoms with Crippen molar-refractivity contribution >= 4 is 16.5 Å². The van der Waals surface area contributed by atoms with Crippen LogP contribution in [0.3, 0.4) is 0 Å². The number of hydrogen-bond acceptors (Lipinski definition) is 2. The Bertz CT molecular complexity index is 491. The van der Waals surface area contributed by atoms with Crippen LogP contribution >= 0.6 is 0 Å². The van der Waals surface area contributed by atoms with E-state index in [9.17, 15) is 0 Å². The van der Waals surface area contributed by atoms with Crippen molar-refractivity contribution in [2.45, 2.75) is 13.0 Å². The molecule has 0 amide bonds. The monoisotopic (exact) mass is 214 g/mol. The Labute approximate surface area is 96.7 Å². The summed E-state index contributed by atoms with van der Waals surface area (Å²) in [5.74, 6) is 0. The van der Waals surface area contributed by atoms with Crippen molar-refractivity contribution < 1.29 is 0 Å². The zero-order chi connectivity index (χ0) is 11.5. The molecule has 1 unspecified atom stereocenters. The molecule has 16 heavy (non-hydrogen) atoms. The molecule has 2 heteroatoms. The summed E-state index contributed by atoms with van der Waals surface area (Å²) in [7, 11) is 3.94.